The molecule has 2 aliphatic heterocycles. The molecule has 3 aliphatic rings. The third-order valence-corrected chi connectivity index (χ3v) is 7.77. The zero-order chi connectivity index (χ0) is 22.4. The Hall–Kier alpha value is -2.09. The normalized spacial score (nSPS) is 22.8. The van der Waals surface area contributed by atoms with Crippen molar-refractivity contribution in [2.45, 2.75) is 49.4 Å². The van der Waals surface area contributed by atoms with E-state index in [4.69, 9.17) is 5.26 Å². The molecule has 0 spiro atoms. The number of carbonyl (C=O) groups is 1. The highest BCUT2D eigenvalue weighted by Gasteiger charge is 2.54. The number of aryl methyl sites for hydroxylation is 1. The molecule has 2 aromatic rings. The lowest BCUT2D eigenvalue weighted by Crippen LogP contribution is -2.49. The van der Waals surface area contributed by atoms with Crippen LogP contribution in [0, 0.1) is 23.1 Å². The number of anilines is 1. The van der Waals surface area contributed by atoms with Crippen LogP contribution in [0.25, 0.3) is 10.9 Å². The number of benzene rings is 1. The van der Waals surface area contributed by atoms with Crippen molar-refractivity contribution in [2.24, 2.45) is 5.92 Å². The Bertz CT molecular complexity index is 1110. The summed E-state index contributed by atoms with van der Waals surface area (Å²) in [5, 5.41) is 33.5. The molecule has 31 heavy (non-hydrogen) atoms. The lowest BCUT2D eigenvalue weighted by Gasteiger charge is -2.38. The van der Waals surface area contributed by atoms with Crippen LogP contribution in [-0.4, -0.2) is 51.1 Å². The molecule has 1 amide bonds. The topological polar surface area (TPSA) is 109 Å². The average Bonchev–Trinajstić information content (AvgIpc) is 3.33. The summed E-state index contributed by atoms with van der Waals surface area (Å²) in [5.74, 6) is -0.341. The van der Waals surface area contributed by atoms with E-state index >= 15 is 4.39 Å². The van der Waals surface area contributed by atoms with Crippen LogP contribution >= 0.6 is 27.7 Å². The Kier molecular flexibility index (Phi) is 6.03. The SMILES string of the molecule is CSc1nc2c(F)c(Br)c(CCC#N)cc2c(N[C@H]2[C@@H]3C[C@H]2N(C(=O)O)C3)c1C(C)O. The number of rotatable bonds is 6. The molecule has 2 bridgehead atoms. The van der Waals surface area contributed by atoms with E-state index in [1.165, 1.54) is 16.7 Å². The fourth-order valence-electron chi connectivity index (χ4n) is 4.67. The van der Waals surface area contributed by atoms with Crippen LogP contribution in [0.1, 0.15) is 37.0 Å². The first-order valence-corrected chi connectivity index (χ1v) is 12.0. The van der Waals surface area contributed by atoms with Gasteiger partial charge in [0.2, 0.25) is 0 Å². The molecule has 1 aromatic carbocycles. The second-order valence-electron chi connectivity index (χ2n) is 7.97. The van der Waals surface area contributed by atoms with Gasteiger partial charge < -0.3 is 20.4 Å². The Labute approximate surface area is 191 Å². The molecule has 5 rings (SSSR count). The summed E-state index contributed by atoms with van der Waals surface area (Å²) in [6, 6.07) is 3.63. The van der Waals surface area contributed by atoms with E-state index in [1.807, 2.05) is 6.26 Å². The molecule has 2 saturated heterocycles. The first-order valence-electron chi connectivity index (χ1n) is 9.98. The number of hydrogen-bond acceptors (Lipinski definition) is 6. The van der Waals surface area contributed by atoms with E-state index in [9.17, 15) is 15.0 Å². The first kappa shape index (κ1) is 22.1. The Morgan fingerprint density at radius 3 is 2.90 bits per heavy atom. The van der Waals surface area contributed by atoms with Gasteiger partial charge in [-0.25, -0.2) is 14.2 Å². The second-order valence-corrected chi connectivity index (χ2v) is 9.56. The molecule has 0 radical (unpaired) electrons. The smallest absolute Gasteiger partial charge is 0.407 e. The maximum atomic E-state index is 15.3. The highest BCUT2D eigenvalue weighted by molar-refractivity contribution is 9.10. The number of amides is 1. The molecule has 3 fully saturated rings. The van der Waals surface area contributed by atoms with Crippen molar-refractivity contribution >= 4 is 50.4 Å². The molecule has 164 valence electrons. The Morgan fingerprint density at radius 1 is 1.58 bits per heavy atom. The number of nitriles is 1. The molecule has 3 N–H and O–H groups in total. The molecule has 4 atom stereocenters. The molecule has 1 aromatic heterocycles. The largest absolute Gasteiger partial charge is 0.465 e. The Morgan fingerprint density at radius 2 is 2.32 bits per heavy atom. The summed E-state index contributed by atoms with van der Waals surface area (Å²) in [4.78, 5) is 17.5. The number of pyridine rings is 1. The quantitative estimate of drug-likeness (QED) is 0.491. The van der Waals surface area contributed by atoms with Gasteiger partial charge in [0, 0.05) is 29.8 Å². The van der Waals surface area contributed by atoms with Crippen molar-refractivity contribution in [3.05, 3.63) is 27.5 Å². The predicted octanol–water partition coefficient (Wildman–Crippen LogP) is 4.53. The van der Waals surface area contributed by atoms with Gasteiger partial charge in [-0.2, -0.15) is 5.26 Å². The van der Waals surface area contributed by atoms with Crippen LogP contribution in [-0.2, 0) is 6.42 Å². The summed E-state index contributed by atoms with van der Waals surface area (Å²) in [5.41, 5.74) is 1.97. The highest BCUT2D eigenvalue weighted by atomic mass is 79.9. The number of aromatic nitrogens is 1. The van der Waals surface area contributed by atoms with Crippen LogP contribution in [0.15, 0.2) is 15.6 Å². The number of aliphatic hydroxyl groups excluding tert-OH is 1. The van der Waals surface area contributed by atoms with E-state index in [0.29, 0.717) is 40.2 Å². The van der Waals surface area contributed by atoms with Crippen LogP contribution in [0.3, 0.4) is 0 Å². The second kappa shape index (κ2) is 8.45. The third kappa shape index (κ3) is 3.62. The highest BCUT2D eigenvalue weighted by Crippen LogP contribution is 2.46. The zero-order valence-corrected chi connectivity index (χ0v) is 19.4. The monoisotopic (exact) mass is 508 g/mol. The summed E-state index contributed by atoms with van der Waals surface area (Å²) in [6.07, 6.45) is 1.43. The molecule has 1 saturated carbocycles. The van der Waals surface area contributed by atoms with Gasteiger partial charge in [-0.05, 0) is 53.6 Å². The maximum Gasteiger partial charge on any atom is 0.407 e. The van der Waals surface area contributed by atoms with Crippen LogP contribution in [0.2, 0.25) is 0 Å². The zero-order valence-electron chi connectivity index (χ0n) is 17.0. The van der Waals surface area contributed by atoms with Crippen molar-refractivity contribution < 1.29 is 19.4 Å². The first-order chi connectivity index (χ1) is 14.8. The number of hydrogen-bond donors (Lipinski definition) is 3. The lowest BCUT2D eigenvalue weighted by atomic mass is 9.79. The molecule has 10 heteroatoms. The molecular formula is C21H22BrFN4O3S. The minimum Gasteiger partial charge on any atom is -0.465 e. The van der Waals surface area contributed by atoms with E-state index in [0.717, 1.165) is 6.42 Å². The summed E-state index contributed by atoms with van der Waals surface area (Å²) in [7, 11) is 0. The van der Waals surface area contributed by atoms with Gasteiger partial charge in [0.1, 0.15) is 10.5 Å². The van der Waals surface area contributed by atoms with E-state index < -0.39 is 18.0 Å². The van der Waals surface area contributed by atoms with Crippen molar-refractivity contribution in [2.75, 3.05) is 18.1 Å². The van der Waals surface area contributed by atoms with Gasteiger partial charge in [0.05, 0.1) is 34.4 Å². The van der Waals surface area contributed by atoms with Gasteiger partial charge in [0.25, 0.3) is 0 Å². The van der Waals surface area contributed by atoms with E-state index in [1.54, 1.807) is 13.0 Å². The summed E-state index contributed by atoms with van der Waals surface area (Å²) in [6.45, 7) is 2.10. The Balaban J connectivity index is 1.88. The number of fused-ring (bicyclic) bond motifs is 2. The molecule has 7 nitrogen and oxygen atoms in total. The molecule has 1 unspecified atom stereocenters. The van der Waals surface area contributed by atoms with Gasteiger partial charge in [-0.15, -0.1) is 11.8 Å². The fourth-order valence-corrected chi connectivity index (χ4v) is 5.85. The number of carboxylic acid groups (broad SMARTS) is 1. The minimum atomic E-state index is -0.939. The average molecular weight is 509 g/mol. The number of halogens is 2. The third-order valence-electron chi connectivity index (χ3n) is 6.21. The van der Waals surface area contributed by atoms with Crippen molar-refractivity contribution in [3.8, 4) is 6.07 Å². The maximum absolute atomic E-state index is 15.3. The van der Waals surface area contributed by atoms with Crippen molar-refractivity contribution in [1.29, 1.82) is 5.26 Å². The van der Waals surface area contributed by atoms with Crippen molar-refractivity contribution in [1.82, 2.24) is 9.88 Å². The van der Waals surface area contributed by atoms with E-state index in [2.05, 4.69) is 32.3 Å². The van der Waals surface area contributed by atoms with Crippen LogP contribution in [0.4, 0.5) is 14.9 Å². The molecule has 1 aliphatic carbocycles. The van der Waals surface area contributed by atoms with Crippen molar-refractivity contribution in [3.63, 3.8) is 0 Å². The van der Waals surface area contributed by atoms with Gasteiger partial charge in [0.15, 0.2) is 5.82 Å². The summed E-state index contributed by atoms with van der Waals surface area (Å²) < 4.78 is 15.6. The predicted molar refractivity (Wildman–Crippen MR) is 120 cm³/mol. The number of nitrogens with zero attached hydrogens (tertiary/aromatic N) is 3. The minimum absolute atomic E-state index is 0.108. The van der Waals surface area contributed by atoms with Gasteiger partial charge in [-0.3, -0.25) is 0 Å². The lowest BCUT2D eigenvalue weighted by molar-refractivity contribution is 0.140. The van der Waals surface area contributed by atoms with Gasteiger partial charge >= 0.3 is 6.09 Å². The molecule has 3 heterocycles. The van der Waals surface area contributed by atoms with Crippen LogP contribution < -0.4 is 5.32 Å². The molecular weight excluding hydrogens is 487 g/mol. The summed E-state index contributed by atoms with van der Waals surface area (Å²) >= 11 is 4.63. The van der Waals surface area contributed by atoms with E-state index in [-0.39, 0.29) is 34.4 Å². The van der Waals surface area contributed by atoms with Crippen LogP contribution in [0.5, 0.6) is 0 Å². The number of thioether (sulfide) groups is 1. The standard InChI is InChI=1S/C21H22BrFN4O3S/c1-9(28)14-18(25-17-11-7-13(17)27(8-11)21(29)30)12-6-10(4-3-5-24)15(22)16(23)19(12)26-20(14)31-2/h6,9,11,13,17,28H,3-4,7-8H2,1-2H3,(H,25,26)(H,29,30)/t9?,11-,13-,17+/m1/s1. The fraction of sp³-hybridized carbons (Fsp3) is 0.476. The number of aliphatic hydroxyl groups is 1. The number of nitrogens with one attached hydrogen (secondary N) is 1. The van der Waals surface area contributed by atoms with Gasteiger partial charge in [-0.1, -0.05) is 0 Å².